The lowest BCUT2D eigenvalue weighted by molar-refractivity contribution is -0.105. The van der Waals surface area contributed by atoms with Gasteiger partial charge < -0.3 is 4.90 Å². The summed E-state index contributed by atoms with van der Waals surface area (Å²) in [6.07, 6.45) is 7.58. The molecule has 0 atom stereocenters. The van der Waals surface area contributed by atoms with Crippen LogP contribution in [0, 0.1) is 0 Å². The summed E-state index contributed by atoms with van der Waals surface area (Å²) < 4.78 is 0. The van der Waals surface area contributed by atoms with Crippen LogP contribution in [0.2, 0.25) is 0 Å². The lowest BCUT2D eigenvalue weighted by Crippen LogP contribution is -2.11. The van der Waals surface area contributed by atoms with Gasteiger partial charge in [-0.1, -0.05) is 25.8 Å². The van der Waals surface area contributed by atoms with Crippen molar-refractivity contribution in [2.24, 2.45) is 0 Å². The van der Waals surface area contributed by atoms with Crippen molar-refractivity contribution in [1.82, 2.24) is 4.90 Å². The summed E-state index contributed by atoms with van der Waals surface area (Å²) in [4.78, 5) is 12.3. The smallest absolute Gasteiger partial charge is 0.165 e. The molecule has 0 rings (SSSR count). The molecule has 0 aliphatic rings. The van der Waals surface area contributed by atoms with Crippen molar-refractivity contribution in [3.63, 3.8) is 0 Å². The Morgan fingerprint density at radius 3 is 2.42 bits per heavy atom. The van der Waals surface area contributed by atoms with Crippen LogP contribution in [0.3, 0.4) is 0 Å². The fraction of sp³-hybridized carbons (Fsp3) is 0.700. The van der Waals surface area contributed by atoms with E-state index in [9.17, 15) is 4.79 Å². The van der Waals surface area contributed by atoms with Crippen molar-refractivity contribution in [2.75, 3.05) is 14.1 Å². The molecule has 0 saturated heterocycles. The van der Waals surface area contributed by atoms with Crippen LogP contribution in [0.5, 0.6) is 0 Å². The third-order valence-corrected chi connectivity index (χ3v) is 1.80. The average Bonchev–Trinajstić information content (AvgIpc) is 2.04. The summed E-state index contributed by atoms with van der Waals surface area (Å²) in [7, 11) is 3.78. The number of nitrogens with zero attached hydrogens (tertiary/aromatic N) is 1. The molecule has 0 heterocycles. The van der Waals surface area contributed by atoms with Crippen molar-refractivity contribution >= 4 is 6.29 Å². The largest absolute Gasteiger partial charge is 0.375 e. The Labute approximate surface area is 75.3 Å². The highest BCUT2D eigenvalue weighted by Gasteiger charge is 1.95. The van der Waals surface area contributed by atoms with Crippen LogP contribution < -0.4 is 0 Å². The van der Waals surface area contributed by atoms with Gasteiger partial charge in [-0.3, -0.25) is 4.79 Å². The Morgan fingerprint density at radius 1 is 1.33 bits per heavy atom. The minimum atomic E-state index is 0.783. The minimum absolute atomic E-state index is 0.783. The van der Waals surface area contributed by atoms with Crippen LogP contribution in [0.4, 0.5) is 0 Å². The van der Waals surface area contributed by atoms with Gasteiger partial charge in [-0.25, -0.2) is 0 Å². The lowest BCUT2D eigenvalue weighted by Gasteiger charge is -2.10. The molecule has 70 valence electrons. The Morgan fingerprint density at radius 2 is 2.00 bits per heavy atom. The van der Waals surface area contributed by atoms with Crippen LogP contribution in [0.1, 0.15) is 32.6 Å². The predicted molar refractivity (Wildman–Crippen MR) is 52.0 cm³/mol. The maximum absolute atomic E-state index is 10.5. The second-order valence-corrected chi connectivity index (χ2v) is 3.14. The first-order valence-corrected chi connectivity index (χ1v) is 4.55. The van der Waals surface area contributed by atoms with Gasteiger partial charge in [0.25, 0.3) is 0 Å². The quantitative estimate of drug-likeness (QED) is 0.345. The van der Waals surface area contributed by atoms with Gasteiger partial charge in [0, 0.05) is 14.1 Å². The third kappa shape index (κ3) is 4.94. The fourth-order valence-electron chi connectivity index (χ4n) is 0.980. The summed E-state index contributed by atoms with van der Waals surface area (Å²) in [6.45, 7) is 2.18. The van der Waals surface area contributed by atoms with Crippen molar-refractivity contribution < 1.29 is 4.79 Å². The molecular weight excluding hydrogens is 150 g/mol. The van der Waals surface area contributed by atoms with Gasteiger partial charge in [0.2, 0.25) is 0 Å². The van der Waals surface area contributed by atoms with E-state index >= 15 is 0 Å². The van der Waals surface area contributed by atoms with Crippen molar-refractivity contribution in [2.45, 2.75) is 32.6 Å². The number of aldehydes is 1. The molecule has 12 heavy (non-hydrogen) atoms. The molecule has 0 N–H and O–H groups in total. The highest BCUT2D eigenvalue weighted by Crippen LogP contribution is 2.03. The first kappa shape index (κ1) is 11.2. The summed E-state index contributed by atoms with van der Waals surface area (Å²) in [6, 6.07) is 0. The van der Waals surface area contributed by atoms with Crippen LogP contribution in [0.25, 0.3) is 0 Å². The molecule has 0 unspecified atom stereocenters. The minimum Gasteiger partial charge on any atom is -0.375 e. The number of unbranched alkanes of at least 4 members (excludes halogenated alkanes) is 3. The van der Waals surface area contributed by atoms with Gasteiger partial charge in [-0.2, -0.15) is 0 Å². The summed E-state index contributed by atoms with van der Waals surface area (Å²) in [5.41, 5.74) is 0.783. The van der Waals surface area contributed by atoms with Gasteiger partial charge in [0.05, 0.1) is 5.70 Å². The number of likely N-dealkylation sites (N-methyl/N-ethyl adjacent to an activating group) is 1. The molecule has 2 nitrogen and oxygen atoms in total. The fourth-order valence-corrected chi connectivity index (χ4v) is 0.980. The van der Waals surface area contributed by atoms with E-state index in [2.05, 4.69) is 6.92 Å². The molecule has 0 aromatic carbocycles. The Balaban J connectivity index is 3.71. The van der Waals surface area contributed by atoms with E-state index in [-0.39, 0.29) is 0 Å². The van der Waals surface area contributed by atoms with E-state index in [1.807, 2.05) is 25.1 Å². The monoisotopic (exact) mass is 169 g/mol. The highest BCUT2D eigenvalue weighted by atomic mass is 16.1. The molecule has 0 aliphatic heterocycles. The van der Waals surface area contributed by atoms with Crippen LogP contribution in [-0.4, -0.2) is 25.3 Å². The van der Waals surface area contributed by atoms with Crippen LogP contribution in [-0.2, 0) is 4.79 Å². The maximum atomic E-state index is 10.5. The summed E-state index contributed by atoms with van der Waals surface area (Å²) >= 11 is 0. The van der Waals surface area contributed by atoms with Crippen LogP contribution in [0.15, 0.2) is 11.8 Å². The lowest BCUT2D eigenvalue weighted by atomic mass is 10.2. The van der Waals surface area contributed by atoms with Crippen molar-refractivity contribution in [3.8, 4) is 0 Å². The zero-order valence-electron chi connectivity index (χ0n) is 8.34. The molecule has 2 heteroatoms. The first-order chi connectivity index (χ1) is 5.72. The summed E-state index contributed by atoms with van der Waals surface area (Å²) in [5.74, 6) is 0. The Kier molecular flexibility index (Phi) is 6.44. The molecular formula is C10H19NO. The van der Waals surface area contributed by atoms with Gasteiger partial charge in [0.1, 0.15) is 0 Å². The van der Waals surface area contributed by atoms with Gasteiger partial charge in [0.15, 0.2) is 6.29 Å². The van der Waals surface area contributed by atoms with Gasteiger partial charge in [-0.15, -0.1) is 0 Å². The Bertz CT molecular complexity index is 150. The predicted octanol–water partition coefficient (Wildman–Crippen LogP) is 2.21. The second kappa shape index (κ2) is 6.89. The highest BCUT2D eigenvalue weighted by molar-refractivity contribution is 5.71. The molecule has 0 fully saturated rings. The third-order valence-electron chi connectivity index (χ3n) is 1.80. The molecule has 0 aromatic rings. The molecule has 0 aromatic heterocycles. The number of hydrogen-bond donors (Lipinski definition) is 0. The normalized spacial score (nSPS) is 11.4. The molecule has 0 radical (unpaired) electrons. The topological polar surface area (TPSA) is 20.3 Å². The first-order valence-electron chi connectivity index (χ1n) is 4.55. The zero-order chi connectivity index (χ0) is 9.40. The molecule has 0 aliphatic carbocycles. The second-order valence-electron chi connectivity index (χ2n) is 3.14. The number of carbonyl (C=O) groups is 1. The summed E-state index contributed by atoms with van der Waals surface area (Å²) in [5, 5.41) is 0. The number of carbonyl (C=O) groups excluding carboxylic acids is 1. The number of hydrogen-bond acceptors (Lipinski definition) is 2. The van der Waals surface area contributed by atoms with Crippen molar-refractivity contribution in [1.29, 1.82) is 0 Å². The van der Waals surface area contributed by atoms with E-state index in [1.165, 1.54) is 19.3 Å². The average molecular weight is 169 g/mol. The number of rotatable bonds is 6. The standard InChI is InChI=1S/C10H19NO/c1-4-5-6-7-8-10(9-12)11(2)3/h8-9H,4-7H2,1-3H3. The molecule has 0 bridgehead atoms. The van der Waals surface area contributed by atoms with E-state index in [1.54, 1.807) is 0 Å². The Hall–Kier alpha value is -0.790. The van der Waals surface area contributed by atoms with E-state index in [4.69, 9.17) is 0 Å². The van der Waals surface area contributed by atoms with E-state index < -0.39 is 0 Å². The van der Waals surface area contributed by atoms with E-state index in [0.717, 1.165) is 18.4 Å². The molecule has 0 saturated carbocycles. The SMILES string of the molecule is CCCCCC=C(C=O)N(C)C. The van der Waals surface area contributed by atoms with Crippen LogP contribution >= 0.6 is 0 Å². The van der Waals surface area contributed by atoms with E-state index in [0.29, 0.717) is 0 Å². The van der Waals surface area contributed by atoms with Gasteiger partial charge >= 0.3 is 0 Å². The molecule has 0 amide bonds. The zero-order valence-corrected chi connectivity index (χ0v) is 8.34. The number of allylic oxidation sites excluding steroid dienone is 2. The van der Waals surface area contributed by atoms with Crippen molar-refractivity contribution in [3.05, 3.63) is 11.8 Å². The molecule has 0 spiro atoms. The van der Waals surface area contributed by atoms with Gasteiger partial charge in [-0.05, 0) is 12.8 Å². The maximum Gasteiger partial charge on any atom is 0.165 e.